The van der Waals surface area contributed by atoms with Gasteiger partial charge in [0.25, 0.3) is 0 Å². The van der Waals surface area contributed by atoms with E-state index < -0.39 is 0 Å². The second-order valence-electron chi connectivity index (χ2n) is 6.11. The van der Waals surface area contributed by atoms with Crippen LogP contribution in [0, 0.1) is 13.8 Å². The highest BCUT2D eigenvalue weighted by atomic mass is 15.2. The van der Waals surface area contributed by atoms with Gasteiger partial charge in [0, 0.05) is 43.4 Å². The van der Waals surface area contributed by atoms with Gasteiger partial charge in [-0.05, 0) is 50.4 Å². The highest BCUT2D eigenvalue weighted by molar-refractivity contribution is 5.27. The van der Waals surface area contributed by atoms with Crippen LogP contribution in [0.25, 0.3) is 0 Å². The van der Waals surface area contributed by atoms with E-state index in [2.05, 4.69) is 38.2 Å². The number of pyridine rings is 1. The molecule has 1 atom stereocenters. The highest BCUT2D eigenvalue weighted by Gasteiger charge is 2.20. The molecule has 0 saturated carbocycles. The predicted octanol–water partition coefficient (Wildman–Crippen LogP) is 2.56. The van der Waals surface area contributed by atoms with E-state index >= 15 is 0 Å². The van der Waals surface area contributed by atoms with Crippen molar-refractivity contribution < 1.29 is 0 Å². The standard InChI is InChI=1S/C17H23N5/c1-13-8-15(10-18-9-13)11-22-7-3-4-16(12-22)21-17-19-6-5-14(2)20-17/h5-6,8-10,16H,3-4,7,11-12H2,1-2H3,(H,19,20,21). The van der Waals surface area contributed by atoms with Crippen molar-refractivity contribution in [3.05, 3.63) is 47.5 Å². The fraction of sp³-hybridized carbons (Fsp3) is 0.471. The number of rotatable bonds is 4. The summed E-state index contributed by atoms with van der Waals surface area (Å²) < 4.78 is 0. The molecule has 1 aliphatic rings. The minimum absolute atomic E-state index is 0.410. The lowest BCUT2D eigenvalue weighted by molar-refractivity contribution is 0.208. The number of anilines is 1. The van der Waals surface area contributed by atoms with Gasteiger partial charge in [0.05, 0.1) is 0 Å². The molecule has 0 amide bonds. The third-order valence-corrected chi connectivity index (χ3v) is 3.97. The van der Waals surface area contributed by atoms with E-state index in [9.17, 15) is 0 Å². The van der Waals surface area contributed by atoms with Gasteiger partial charge in [0.2, 0.25) is 5.95 Å². The number of hydrogen-bond acceptors (Lipinski definition) is 5. The molecular formula is C17H23N5. The zero-order valence-electron chi connectivity index (χ0n) is 13.3. The lowest BCUT2D eigenvalue weighted by Gasteiger charge is -2.33. The summed E-state index contributed by atoms with van der Waals surface area (Å²) in [5.41, 5.74) is 3.50. The molecule has 0 aromatic carbocycles. The van der Waals surface area contributed by atoms with Crippen LogP contribution >= 0.6 is 0 Å². The van der Waals surface area contributed by atoms with Gasteiger partial charge in [-0.1, -0.05) is 6.07 Å². The summed E-state index contributed by atoms with van der Waals surface area (Å²) >= 11 is 0. The topological polar surface area (TPSA) is 53.9 Å². The van der Waals surface area contributed by atoms with Crippen LogP contribution in [0.5, 0.6) is 0 Å². The van der Waals surface area contributed by atoms with Crippen molar-refractivity contribution in [3.63, 3.8) is 0 Å². The minimum Gasteiger partial charge on any atom is -0.350 e. The Kier molecular flexibility index (Phi) is 4.63. The molecule has 1 aliphatic heterocycles. The Balaban J connectivity index is 1.59. The van der Waals surface area contributed by atoms with E-state index in [1.54, 1.807) is 0 Å². The van der Waals surface area contributed by atoms with Gasteiger partial charge in [0.1, 0.15) is 0 Å². The Bertz CT molecular complexity index is 574. The first kappa shape index (κ1) is 14.9. The van der Waals surface area contributed by atoms with Gasteiger partial charge in [-0.25, -0.2) is 9.97 Å². The molecule has 1 unspecified atom stereocenters. The smallest absolute Gasteiger partial charge is 0.223 e. The first-order valence-corrected chi connectivity index (χ1v) is 7.88. The molecule has 1 N–H and O–H groups in total. The Hall–Kier alpha value is -2.01. The van der Waals surface area contributed by atoms with E-state index in [-0.39, 0.29) is 0 Å². The molecular weight excluding hydrogens is 274 g/mol. The maximum absolute atomic E-state index is 4.44. The number of likely N-dealkylation sites (tertiary alicyclic amines) is 1. The lowest BCUT2D eigenvalue weighted by Crippen LogP contribution is -2.41. The minimum atomic E-state index is 0.410. The summed E-state index contributed by atoms with van der Waals surface area (Å²) in [7, 11) is 0. The van der Waals surface area contributed by atoms with Gasteiger partial charge in [-0.3, -0.25) is 9.88 Å². The number of hydrogen-bond donors (Lipinski definition) is 1. The zero-order valence-corrected chi connectivity index (χ0v) is 13.3. The number of nitrogens with one attached hydrogen (secondary N) is 1. The maximum atomic E-state index is 4.44. The largest absolute Gasteiger partial charge is 0.350 e. The second-order valence-corrected chi connectivity index (χ2v) is 6.11. The van der Waals surface area contributed by atoms with E-state index in [4.69, 9.17) is 0 Å². The molecule has 0 aliphatic carbocycles. The van der Waals surface area contributed by atoms with Crippen molar-refractivity contribution in [2.45, 2.75) is 39.3 Å². The normalized spacial score (nSPS) is 19.1. The third kappa shape index (κ3) is 4.01. The molecule has 0 spiro atoms. The van der Waals surface area contributed by atoms with E-state index in [1.165, 1.54) is 24.0 Å². The van der Waals surface area contributed by atoms with Crippen molar-refractivity contribution >= 4 is 5.95 Å². The Morgan fingerprint density at radius 1 is 1.32 bits per heavy atom. The highest BCUT2D eigenvalue weighted by Crippen LogP contribution is 2.16. The molecule has 1 saturated heterocycles. The van der Waals surface area contributed by atoms with Gasteiger partial charge < -0.3 is 5.32 Å². The predicted molar refractivity (Wildman–Crippen MR) is 87.7 cm³/mol. The van der Waals surface area contributed by atoms with Crippen molar-refractivity contribution in [1.82, 2.24) is 19.9 Å². The van der Waals surface area contributed by atoms with E-state index in [1.807, 2.05) is 31.6 Å². The van der Waals surface area contributed by atoms with Crippen LogP contribution in [-0.4, -0.2) is 39.0 Å². The van der Waals surface area contributed by atoms with Crippen molar-refractivity contribution in [2.75, 3.05) is 18.4 Å². The fourth-order valence-electron chi connectivity index (χ4n) is 2.98. The van der Waals surface area contributed by atoms with Crippen LogP contribution in [0.2, 0.25) is 0 Å². The van der Waals surface area contributed by atoms with Crippen LogP contribution in [0.15, 0.2) is 30.7 Å². The second kappa shape index (κ2) is 6.83. The summed E-state index contributed by atoms with van der Waals surface area (Å²) in [6, 6.07) is 4.55. The zero-order chi connectivity index (χ0) is 15.4. The average Bonchev–Trinajstić information content (AvgIpc) is 2.47. The molecule has 0 radical (unpaired) electrons. The first-order chi connectivity index (χ1) is 10.7. The molecule has 1 fully saturated rings. The Morgan fingerprint density at radius 2 is 2.23 bits per heavy atom. The van der Waals surface area contributed by atoms with Crippen LogP contribution < -0.4 is 5.32 Å². The van der Waals surface area contributed by atoms with E-state index in [0.29, 0.717) is 6.04 Å². The molecule has 3 rings (SSSR count). The van der Waals surface area contributed by atoms with Crippen LogP contribution in [0.1, 0.15) is 29.7 Å². The Morgan fingerprint density at radius 3 is 3.05 bits per heavy atom. The summed E-state index contributed by atoms with van der Waals surface area (Å²) in [6.07, 6.45) is 8.04. The third-order valence-electron chi connectivity index (χ3n) is 3.97. The average molecular weight is 297 g/mol. The molecule has 2 aromatic heterocycles. The molecule has 5 heteroatoms. The van der Waals surface area contributed by atoms with Crippen molar-refractivity contribution in [1.29, 1.82) is 0 Å². The van der Waals surface area contributed by atoms with Crippen LogP contribution in [0.4, 0.5) is 5.95 Å². The van der Waals surface area contributed by atoms with Gasteiger partial charge in [-0.2, -0.15) is 0 Å². The summed E-state index contributed by atoms with van der Waals surface area (Å²) in [5, 5.41) is 3.47. The number of aryl methyl sites for hydroxylation is 2. The first-order valence-electron chi connectivity index (χ1n) is 7.88. The number of aromatic nitrogens is 3. The van der Waals surface area contributed by atoms with Crippen molar-refractivity contribution in [2.24, 2.45) is 0 Å². The van der Waals surface area contributed by atoms with Crippen LogP contribution in [-0.2, 0) is 6.54 Å². The molecule has 2 aromatic rings. The maximum Gasteiger partial charge on any atom is 0.223 e. The van der Waals surface area contributed by atoms with Crippen molar-refractivity contribution in [3.8, 4) is 0 Å². The number of piperidine rings is 1. The molecule has 5 nitrogen and oxygen atoms in total. The summed E-state index contributed by atoms with van der Waals surface area (Å²) in [4.78, 5) is 15.5. The van der Waals surface area contributed by atoms with Gasteiger partial charge >= 0.3 is 0 Å². The Labute approximate surface area is 131 Å². The quantitative estimate of drug-likeness (QED) is 0.940. The fourth-order valence-corrected chi connectivity index (χ4v) is 2.98. The number of nitrogens with zero attached hydrogens (tertiary/aromatic N) is 4. The summed E-state index contributed by atoms with van der Waals surface area (Å²) in [6.45, 7) is 7.20. The molecule has 3 heterocycles. The van der Waals surface area contributed by atoms with Gasteiger partial charge in [0.15, 0.2) is 0 Å². The monoisotopic (exact) mass is 297 g/mol. The van der Waals surface area contributed by atoms with E-state index in [0.717, 1.165) is 31.3 Å². The molecule has 116 valence electrons. The van der Waals surface area contributed by atoms with Gasteiger partial charge in [-0.15, -0.1) is 0 Å². The molecule has 0 bridgehead atoms. The lowest BCUT2D eigenvalue weighted by atomic mass is 10.0. The molecule has 22 heavy (non-hydrogen) atoms. The summed E-state index contributed by atoms with van der Waals surface area (Å²) in [5.74, 6) is 0.740. The van der Waals surface area contributed by atoms with Crippen LogP contribution in [0.3, 0.4) is 0 Å². The SMILES string of the molecule is Cc1cncc(CN2CCCC(Nc3nccc(C)n3)C2)c1.